The van der Waals surface area contributed by atoms with E-state index in [1.807, 2.05) is 41.4 Å². The molecule has 0 radical (unpaired) electrons. The van der Waals surface area contributed by atoms with Gasteiger partial charge in [-0.05, 0) is 53.1 Å². The number of nitrogens with one attached hydrogen (secondary N) is 1. The number of hydrogen-bond acceptors (Lipinski definition) is 7. The Morgan fingerprint density at radius 1 is 0.944 bits per heavy atom. The van der Waals surface area contributed by atoms with Crippen LogP contribution in [0.4, 0.5) is 0 Å². The number of rotatable bonds is 10. The molecule has 0 aliphatic carbocycles. The van der Waals surface area contributed by atoms with Crippen molar-refractivity contribution < 1.29 is 23.5 Å². The van der Waals surface area contributed by atoms with Crippen LogP contribution >= 0.6 is 11.6 Å². The van der Waals surface area contributed by atoms with Gasteiger partial charge in [0.15, 0.2) is 0 Å². The van der Waals surface area contributed by atoms with Gasteiger partial charge < -0.3 is 18.7 Å². The quantitative estimate of drug-likeness (QED) is 0.253. The standard InChI is InChI=1S/C26H23ClN2O7/c1-17(30)33-11-12-34-22-9-10-23(24(27)14-22)20-4-2-3-19(13-20)16-35-21-7-5-18(6-8-21)15-29-25(31)28-26(32)36-29/h2-10,13-14H,11-12,15-16H2,1H3,(H,28,31,32). The van der Waals surface area contributed by atoms with Crippen LogP contribution in [-0.2, 0) is 22.7 Å². The van der Waals surface area contributed by atoms with E-state index in [1.165, 1.54) is 6.92 Å². The molecule has 0 unspecified atom stereocenters. The predicted molar refractivity (Wildman–Crippen MR) is 132 cm³/mol. The number of nitrogens with zero attached hydrogens (tertiary/aromatic N) is 1. The Hall–Kier alpha value is -4.24. The molecule has 0 amide bonds. The number of benzene rings is 3. The number of carbonyl (C=O) groups is 1. The van der Waals surface area contributed by atoms with E-state index < -0.39 is 11.4 Å². The zero-order valence-corrected chi connectivity index (χ0v) is 20.1. The Kier molecular flexibility index (Phi) is 7.92. The lowest BCUT2D eigenvalue weighted by atomic mass is 10.0. The van der Waals surface area contributed by atoms with Gasteiger partial charge >= 0.3 is 17.4 Å². The molecule has 1 N–H and O–H groups in total. The summed E-state index contributed by atoms with van der Waals surface area (Å²) >= 11 is 6.49. The Labute approximate surface area is 210 Å². The Morgan fingerprint density at radius 3 is 2.42 bits per heavy atom. The summed E-state index contributed by atoms with van der Waals surface area (Å²) in [5, 5.41) is 0.533. The summed E-state index contributed by atoms with van der Waals surface area (Å²) in [6, 6.07) is 20.4. The molecule has 0 saturated heterocycles. The third kappa shape index (κ3) is 6.67. The lowest BCUT2D eigenvalue weighted by Gasteiger charge is -2.11. The van der Waals surface area contributed by atoms with Gasteiger partial charge in [-0.3, -0.25) is 4.79 Å². The highest BCUT2D eigenvalue weighted by molar-refractivity contribution is 6.33. The lowest BCUT2D eigenvalue weighted by molar-refractivity contribution is -0.141. The second kappa shape index (κ2) is 11.5. The molecule has 0 atom stereocenters. The van der Waals surface area contributed by atoms with Crippen molar-refractivity contribution in [2.75, 3.05) is 13.2 Å². The number of aromatic nitrogens is 2. The van der Waals surface area contributed by atoms with E-state index in [0.29, 0.717) is 23.1 Å². The van der Waals surface area contributed by atoms with Crippen LogP contribution in [0.25, 0.3) is 11.1 Å². The summed E-state index contributed by atoms with van der Waals surface area (Å²) < 4.78 is 22.1. The smallest absolute Gasteiger partial charge is 0.440 e. The Balaban J connectivity index is 1.35. The van der Waals surface area contributed by atoms with E-state index in [0.717, 1.165) is 27.0 Å². The van der Waals surface area contributed by atoms with Crippen molar-refractivity contribution in [2.24, 2.45) is 0 Å². The van der Waals surface area contributed by atoms with Crippen LogP contribution in [0.2, 0.25) is 5.02 Å². The Bertz CT molecular complexity index is 1450. The number of H-pyrrole nitrogens is 1. The second-order valence-electron chi connectivity index (χ2n) is 7.81. The summed E-state index contributed by atoms with van der Waals surface area (Å²) in [5.41, 5.74) is 2.92. The molecule has 0 fully saturated rings. The first-order chi connectivity index (χ1) is 17.4. The molecule has 1 aromatic heterocycles. The van der Waals surface area contributed by atoms with Crippen LogP contribution in [0, 0.1) is 0 Å². The monoisotopic (exact) mass is 510 g/mol. The van der Waals surface area contributed by atoms with Crippen LogP contribution in [0.15, 0.2) is 80.8 Å². The summed E-state index contributed by atoms with van der Waals surface area (Å²) in [4.78, 5) is 35.5. The number of carbonyl (C=O) groups excluding carboxylic acids is 1. The molecule has 0 spiro atoms. The molecular formula is C26H23ClN2O7. The number of esters is 1. The fourth-order valence-electron chi connectivity index (χ4n) is 3.43. The van der Waals surface area contributed by atoms with Crippen molar-refractivity contribution >= 4 is 17.6 Å². The summed E-state index contributed by atoms with van der Waals surface area (Å²) in [7, 11) is 0. The van der Waals surface area contributed by atoms with Gasteiger partial charge in [0.05, 0.1) is 11.6 Å². The van der Waals surface area contributed by atoms with Crippen molar-refractivity contribution in [3.63, 3.8) is 0 Å². The van der Waals surface area contributed by atoms with E-state index in [4.69, 9.17) is 30.3 Å². The molecule has 0 saturated carbocycles. The number of hydrogen-bond donors (Lipinski definition) is 1. The maximum absolute atomic E-state index is 11.6. The van der Waals surface area contributed by atoms with Gasteiger partial charge in [-0.2, -0.15) is 0 Å². The first-order valence-electron chi connectivity index (χ1n) is 11.0. The molecule has 9 nitrogen and oxygen atoms in total. The van der Waals surface area contributed by atoms with Crippen LogP contribution in [0.3, 0.4) is 0 Å². The van der Waals surface area contributed by atoms with Crippen LogP contribution in [-0.4, -0.2) is 28.9 Å². The Morgan fingerprint density at radius 2 is 1.72 bits per heavy atom. The van der Waals surface area contributed by atoms with Gasteiger partial charge in [0, 0.05) is 12.5 Å². The maximum atomic E-state index is 11.6. The van der Waals surface area contributed by atoms with E-state index in [2.05, 4.69) is 0 Å². The van der Waals surface area contributed by atoms with Crippen molar-refractivity contribution in [2.45, 2.75) is 20.1 Å². The average Bonchev–Trinajstić information content (AvgIpc) is 3.17. The predicted octanol–water partition coefficient (Wildman–Crippen LogP) is 4.02. The lowest BCUT2D eigenvalue weighted by Crippen LogP contribution is -2.17. The van der Waals surface area contributed by atoms with Crippen LogP contribution in [0.5, 0.6) is 11.5 Å². The zero-order valence-electron chi connectivity index (χ0n) is 19.4. The van der Waals surface area contributed by atoms with E-state index in [9.17, 15) is 14.4 Å². The largest absolute Gasteiger partial charge is 0.490 e. The summed E-state index contributed by atoms with van der Waals surface area (Å²) in [6.07, 6.45) is 0. The molecule has 186 valence electrons. The topological polar surface area (TPSA) is 113 Å². The molecular weight excluding hydrogens is 488 g/mol. The summed E-state index contributed by atoms with van der Waals surface area (Å²) in [5.74, 6) is 0.0985. The molecule has 10 heteroatoms. The fraction of sp³-hybridized carbons (Fsp3) is 0.192. The second-order valence-corrected chi connectivity index (χ2v) is 8.22. The van der Waals surface area contributed by atoms with Crippen molar-refractivity contribution in [3.05, 3.63) is 104 Å². The SMILES string of the molecule is CC(=O)OCCOc1ccc(-c2cccc(COc3ccc(Cn4oc(=O)[nH]c4=O)cc3)c2)c(Cl)c1. The highest BCUT2D eigenvalue weighted by Crippen LogP contribution is 2.32. The first-order valence-corrected chi connectivity index (χ1v) is 11.4. The minimum Gasteiger partial charge on any atom is -0.490 e. The normalized spacial score (nSPS) is 10.7. The van der Waals surface area contributed by atoms with Gasteiger partial charge in [-0.1, -0.05) is 41.9 Å². The molecule has 1 heterocycles. The molecule has 0 bridgehead atoms. The fourth-order valence-corrected chi connectivity index (χ4v) is 3.71. The zero-order chi connectivity index (χ0) is 25.5. The van der Waals surface area contributed by atoms with E-state index >= 15 is 0 Å². The van der Waals surface area contributed by atoms with Gasteiger partial charge in [-0.15, -0.1) is 4.74 Å². The number of aromatic amines is 1. The molecule has 36 heavy (non-hydrogen) atoms. The third-order valence-electron chi connectivity index (χ3n) is 5.12. The molecule has 0 aliphatic rings. The van der Waals surface area contributed by atoms with E-state index in [1.54, 1.807) is 30.3 Å². The van der Waals surface area contributed by atoms with Crippen molar-refractivity contribution in [1.82, 2.24) is 9.72 Å². The van der Waals surface area contributed by atoms with E-state index in [-0.39, 0.29) is 25.7 Å². The number of halogens is 1. The third-order valence-corrected chi connectivity index (χ3v) is 5.43. The van der Waals surface area contributed by atoms with Gasteiger partial charge in [0.2, 0.25) is 0 Å². The van der Waals surface area contributed by atoms with Crippen LogP contribution < -0.4 is 20.9 Å². The molecule has 4 aromatic rings. The molecule has 3 aromatic carbocycles. The summed E-state index contributed by atoms with van der Waals surface area (Å²) in [6.45, 7) is 2.24. The highest BCUT2D eigenvalue weighted by Gasteiger charge is 2.08. The molecule has 0 aliphatic heterocycles. The van der Waals surface area contributed by atoms with Gasteiger partial charge in [0.25, 0.3) is 0 Å². The maximum Gasteiger partial charge on any atom is 0.440 e. The highest BCUT2D eigenvalue weighted by atomic mass is 35.5. The first kappa shape index (κ1) is 24.9. The minimum absolute atomic E-state index is 0.136. The van der Waals surface area contributed by atoms with Crippen LogP contribution in [0.1, 0.15) is 18.1 Å². The number of ether oxygens (including phenoxy) is 3. The minimum atomic E-state index is -0.788. The van der Waals surface area contributed by atoms with Gasteiger partial charge in [0.1, 0.15) is 31.3 Å². The van der Waals surface area contributed by atoms with Crippen molar-refractivity contribution in [3.8, 4) is 22.6 Å². The van der Waals surface area contributed by atoms with Gasteiger partial charge in [-0.25, -0.2) is 14.6 Å². The average molecular weight is 511 g/mol. The molecule has 4 rings (SSSR count). The van der Waals surface area contributed by atoms with Crippen molar-refractivity contribution in [1.29, 1.82) is 0 Å².